The molecule has 4 rings (SSSR count). The normalized spacial score (nSPS) is 12.7. The molecule has 1 aliphatic heterocycles. The molecule has 3 aromatic rings. The first-order valence-corrected chi connectivity index (χ1v) is 10.7. The Bertz CT molecular complexity index is 1130. The maximum absolute atomic E-state index is 12.1. The number of fused-ring (bicyclic) bond motifs is 1. The van der Waals surface area contributed by atoms with E-state index in [2.05, 4.69) is 18.7 Å². The van der Waals surface area contributed by atoms with Gasteiger partial charge in [0.25, 0.3) is 0 Å². The number of nitrogens with zero attached hydrogens (tertiary/aromatic N) is 2. The number of phenolic OH excluding ortho intramolecular Hbond substituents is 1. The summed E-state index contributed by atoms with van der Waals surface area (Å²) in [7, 11) is 1.54. The van der Waals surface area contributed by atoms with Crippen LogP contribution in [0.1, 0.15) is 36.5 Å². The second-order valence-corrected chi connectivity index (χ2v) is 8.35. The first-order valence-electron chi connectivity index (χ1n) is 10.7. The molecule has 1 heterocycles. The average Bonchev–Trinajstić information content (AvgIpc) is 3.17. The number of hydrogen-bond donors (Lipinski definition) is 2. The maximum atomic E-state index is 12.1. The number of methoxy groups -OCH3 is 1. The fourth-order valence-electron chi connectivity index (χ4n) is 4.18. The Morgan fingerprint density at radius 2 is 1.78 bits per heavy atom. The van der Waals surface area contributed by atoms with Crippen molar-refractivity contribution in [2.75, 3.05) is 23.5 Å². The number of carbonyl (C=O) groups is 1. The molecule has 166 valence electrons. The van der Waals surface area contributed by atoms with Gasteiger partial charge in [-0.25, -0.2) is 9.69 Å². The zero-order valence-corrected chi connectivity index (χ0v) is 18.6. The van der Waals surface area contributed by atoms with E-state index in [1.165, 1.54) is 17.6 Å². The number of aromatic hydroxyl groups is 1. The SMILES string of the molecule is COc1cc(CN2CCc3cc(N(C(=O)O)c4ccc(C(C)C)cc4)ccc32)ccc1O. The van der Waals surface area contributed by atoms with Gasteiger partial charge in [0, 0.05) is 18.8 Å². The predicted octanol–water partition coefficient (Wildman–Crippen LogP) is 5.90. The summed E-state index contributed by atoms with van der Waals surface area (Å²) in [6.07, 6.45) is -0.161. The molecule has 0 bridgehead atoms. The Balaban J connectivity index is 1.58. The highest BCUT2D eigenvalue weighted by atomic mass is 16.5. The number of carboxylic acid groups (broad SMARTS) is 1. The van der Waals surface area contributed by atoms with E-state index in [0.29, 0.717) is 29.6 Å². The maximum Gasteiger partial charge on any atom is 0.416 e. The van der Waals surface area contributed by atoms with Gasteiger partial charge in [0.2, 0.25) is 0 Å². The lowest BCUT2D eigenvalue weighted by Gasteiger charge is -2.23. The van der Waals surface area contributed by atoms with Crippen LogP contribution in [0.25, 0.3) is 0 Å². The third-order valence-corrected chi connectivity index (χ3v) is 5.94. The van der Waals surface area contributed by atoms with E-state index < -0.39 is 6.09 Å². The number of ether oxygens (including phenoxy) is 1. The lowest BCUT2D eigenvalue weighted by molar-refractivity contribution is 0.205. The van der Waals surface area contributed by atoms with Crippen molar-refractivity contribution in [3.63, 3.8) is 0 Å². The van der Waals surface area contributed by atoms with E-state index in [0.717, 1.165) is 29.8 Å². The number of phenols is 1. The Morgan fingerprint density at radius 3 is 2.44 bits per heavy atom. The molecule has 6 heteroatoms. The van der Waals surface area contributed by atoms with E-state index in [4.69, 9.17) is 4.74 Å². The zero-order chi connectivity index (χ0) is 22.8. The van der Waals surface area contributed by atoms with Crippen LogP contribution >= 0.6 is 0 Å². The number of anilines is 3. The third-order valence-electron chi connectivity index (χ3n) is 5.94. The van der Waals surface area contributed by atoms with Gasteiger partial charge in [-0.1, -0.05) is 32.0 Å². The fraction of sp³-hybridized carbons (Fsp3) is 0.269. The summed E-state index contributed by atoms with van der Waals surface area (Å²) in [5.74, 6) is 0.970. The molecule has 0 saturated carbocycles. The van der Waals surface area contributed by atoms with Gasteiger partial charge in [0.1, 0.15) is 0 Å². The molecule has 32 heavy (non-hydrogen) atoms. The standard InChI is InChI=1S/C26H28N2O4/c1-17(2)19-5-7-21(8-6-19)28(26(30)31)22-9-10-23-20(15-22)12-13-27(23)16-18-4-11-24(29)25(14-18)32-3/h4-11,14-15,17,29H,12-13,16H2,1-3H3,(H,30,31). The lowest BCUT2D eigenvalue weighted by Crippen LogP contribution is -2.23. The lowest BCUT2D eigenvalue weighted by atomic mass is 10.0. The van der Waals surface area contributed by atoms with Crippen molar-refractivity contribution in [1.82, 2.24) is 0 Å². The molecular formula is C26H28N2O4. The molecule has 0 radical (unpaired) electrons. The van der Waals surface area contributed by atoms with Gasteiger partial charge < -0.3 is 19.8 Å². The minimum absolute atomic E-state index is 0.123. The van der Waals surface area contributed by atoms with E-state index >= 15 is 0 Å². The van der Waals surface area contributed by atoms with Crippen LogP contribution in [0.4, 0.5) is 21.9 Å². The van der Waals surface area contributed by atoms with Gasteiger partial charge in [-0.3, -0.25) is 0 Å². The summed E-state index contributed by atoms with van der Waals surface area (Å²) in [5, 5.41) is 19.7. The molecule has 2 N–H and O–H groups in total. The molecule has 0 atom stereocenters. The molecule has 0 aromatic heterocycles. The van der Waals surface area contributed by atoms with Crippen molar-refractivity contribution < 1.29 is 19.7 Å². The smallest absolute Gasteiger partial charge is 0.416 e. The van der Waals surface area contributed by atoms with Crippen molar-refractivity contribution in [3.05, 3.63) is 77.4 Å². The van der Waals surface area contributed by atoms with Crippen LogP contribution in [-0.4, -0.2) is 30.0 Å². The fourth-order valence-corrected chi connectivity index (χ4v) is 4.18. The minimum atomic E-state index is -1.01. The highest BCUT2D eigenvalue weighted by Crippen LogP contribution is 2.36. The van der Waals surface area contributed by atoms with Gasteiger partial charge >= 0.3 is 6.09 Å². The molecule has 0 spiro atoms. The largest absolute Gasteiger partial charge is 0.504 e. The van der Waals surface area contributed by atoms with Crippen molar-refractivity contribution >= 4 is 23.2 Å². The molecular weight excluding hydrogens is 404 g/mol. The third kappa shape index (κ3) is 4.21. The molecule has 1 amide bonds. The van der Waals surface area contributed by atoms with Crippen molar-refractivity contribution in [1.29, 1.82) is 0 Å². The first kappa shape index (κ1) is 21.6. The second kappa shape index (κ2) is 8.83. The number of amides is 1. The van der Waals surface area contributed by atoms with E-state index in [1.54, 1.807) is 6.07 Å². The Labute approximate surface area is 188 Å². The zero-order valence-electron chi connectivity index (χ0n) is 18.6. The van der Waals surface area contributed by atoms with Gasteiger partial charge in [0.05, 0.1) is 18.5 Å². The summed E-state index contributed by atoms with van der Waals surface area (Å²) >= 11 is 0. The van der Waals surface area contributed by atoms with Gasteiger partial charge in [-0.15, -0.1) is 0 Å². The van der Waals surface area contributed by atoms with Crippen molar-refractivity contribution in [2.24, 2.45) is 0 Å². The van der Waals surface area contributed by atoms with Gasteiger partial charge in [0.15, 0.2) is 11.5 Å². The van der Waals surface area contributed by atoms with Crippen molar-refractivity contribution in [3.8, 4) is 11.5 Å². The van der Waals surface area contributed by atoms with Crippen LogP contribution in [0.2, 0.25) is 0 Å². The van der Waals surface area contributed by atoms with E-state index in [9.17, 15) is 15.0 Å². The quantitative estimate of drug-likeness (QED) is 0.507. The average molecular weight is 433 g/mol. The Hall–Kier alpha value is -3.67. The van der Waals surface area contributed by atoms with Gasteiger partial charge in [-0.05, 0) is 71.5 Å². The molecule has 6 nitrogen and oxygen atoms in total. The molecule has 0 aliphatic carbocycles. The van der Waals surface area contributed by atoms with E-state index in [-0.39, 0.29) is 5.75 Å². The highest BCUT2D eigenvalue weighted by molar-refractivity contribution is 5.95. The highest BCUT2D eigenvalue weighted by Gasteiger charge is 2.23. The van der Waals surface area contributed by atoms with Crippen LogP contribution in [-0.2, 0) is 13.0 Å². The van der Waals surface area contributed by atoms with Crippen LogP contribution in [0.5, 0.6) is 11.5 Å². The van der Waals surface area contributed by atoms with Crippen LogP contribution in [0, 0.1) is 0 Å². The minimum Gasteiger partial charge on any atom is -0.504 e. The van der Waals surface area contributed by atoms with Crippen molar-refractivity contribution in [2.45, 2.75) is 32.7 Å². The van der Waals surface area contributed by atoms with Gasteiger partial charge in [-0.2, -0.15) is 0 Å². The first-order chi connectivity index (χ1) is 15.4. The predicted molar refractivity (Wildman–Crippen MR) is 127 cm³/mol. The molecule has 1 aliphatic rings. The van der Waals surface area contributed by atoms with E-state index in [1.807, 2.05) is 54.6 Å². The Morgan fingerprint density at radius 1 is 1.06 bits per heavy atom. The monoisotopic (exact) mass is 432 g/mol. The number of hydrogen-bond acceptors (Lipinski definition) is 4. The van der Waals surface area contributed by atoms with Crippen LogP contribution in [0.3, 0.4) is 0 Å². The molecule has 0 unspecified atom stereocenters. The second-order valence-electron chi connectivity index (χ2n) is 8.35. The summed E-state index contributed by atoms with van der Waals surface area (Å²) in [5.41, 5.74) is 5.71. The Kier molecular flexibility index (Phi) is 5.95. The van der Waals surface area contributed by atoms with Crippen LogP contribution < -0.4 is 14.5 Å². The summed E-state index contributed by atoms with van der Waals surface area (Å²) < 4.78 is 5.22. The number of rotatable bonds is 6. The topological polar surface area (TPSA) is 73.2 Å². The number of benzene rings is 3. The summed E-state index contributed by atoms with van der Waals surface area (Å²) in [4.78, 5) is 15.7. The van der Waals surface area contributed by atoms with Crippen LogP contribution in [0.15, 0.2) is 60.7 Å². The molecule has 3 aromatic carbocycles. The molecule has 0 fully saturated rings. The molecule has 0 saturated heterocycles. The summed E-state index contributed by atoms with van der Waals surface area (Å²) in [6, 6.07) is 18.9. The summed E-state index contributed by atoms with van der Waals surface area (Å²) in [6.45, 7) is 5.76.